The summed E-state index contributed by atoms with van der Waals surface area (Å²) < 4.78 is 21.0. The standard InChI is InChI=1S/C24H31N3O6/c1-30-19-11-17(12-20(15-19)31-2)23(28)25-5-6-26-7-9-27(10-8-26)24(29)18-13-21(32-3)16-22(14-18)33-4/h11-16H,5-10H2,1-4H3,(H,25,28). The molecule has 1 N–H and O–H groups in total. The van der Waals surface area contributed by atoms with Crippen LogP contribution in [0.15, 0.2) is 36.4 Å². The molecule has 1 heterocycles. The number of ether oxygens (including phenoxy) is 4. The maximum atomic E-state index is 12.9. The molecule has 0 bridgehead atoms. The van der Waals surface area contributed by atoms with E-state index < -0.39 is 0 Å². The van der Waals surface area contributed by atoms with Crippen molar-refractivity contribution in [2.24, 2.45) is 0 Å². The summed E-state index contributed by atoms with van der Waals surface area (Å²) in [6.45, 7) is 3.88. The summed E-state index contributed by atoms with van der Waals surface area (Å²) >= 11 is 0. The van der Waals surface area contributed by atoms with Gasteiger partial charge in [-0.15, -0.1) is 0 Å². The first kappa shape index (κ1) is 24.2. The highest BCUT2D eigenvalue weighted by Gasteiger charge is 2.23. The minimum absolute atomic E-state index is 0.0490. The molecular formula is C24H31N3O6. The molecule has 0 radical (unpaired) electrons. The number of benzene rings is 2. The summed E-state index contributed by atoms with van der Waals surface area (Å²) in [5, 5.41) is 2.93. The molecule has 2 aromatic rings. The molecular weight excluding hydrogens is 426 g/mol. The third-order valence-corrected chi connectivity index (χ3v) is 5.59. The highest BCUT2D eigenvalue weighted by molar-refractivity contribution is 5.95. The van der Waals surface area contributed by atoms with Gasteiger partial charge in [0, 0.05) is 62.5 Å². The molecule has 9 nitrogen and oxygen atoms in total. The molecule has 1 saturated heterocycles. The molecule has 0 saturated carbocycles. The number of rotatable bonds is 9. The fourth-order valence-corrected chi connectivity index (χ4v) is 3.66. The van der Waals surface area contributed by atoms with Crippen molar-refractivity contribution >= 4 is 11.8 Å². The number of hydrogen-bond acceptors (Lipinski definition) is 7. The number of carbonyl (C=O) groups is 2. The molecule has 1 fully saturated rings. The van der Waals surface area contributed by atoms with E-state index in [2.05, 4.69) is 10.2 Å². The molecule has 1 aliphatic rings. The summed E-state index contributed by atoms with van der Waals surface area (Å²) in [5.74, 6) is 2.06. The molecule has 3 rings (SSSR count). The van der Waals surface area contributed by atoms with Gasteiger partial charge in [-0.05, 0) is 24.3 Å². The Morgan fingerprint density at radius 3 is 1.64 bits per heavy atom. The Balaban J connectivity index is 1.48. The summed E-state index contributed by atoms with van der Waals surface area (Å²) in [7, 11) is 6.22. The van der Waals surface area contributed by atoms with Gasteiger partial charge in [0.1, 0.15) is 23.0 Å². The maximum absolute atomic E-state index is 12.9. The highest BCUT2D eigenvalue weighted by Crippen LogP contribution is 2.24. The molecule has 0 aromatic heterocycles. The third kappa shape index (κ3) is 6.29. The predicted molar refractivity (Wildman–Crippen MR) is 124 cm³/mol. The number of carbonyl (C=O) groups excluding carboxylic acids is 2. The first-order valence-electron chi connectivity index (χ1n) is 10.7. The smallest absolute Gasteiger partial charge is 0.254 e. The first-order valence-corrected chi connectivity index (χ1v) is 10.7. The van der Waals surface area contributed by atoms with Gasteiger partial charge in [-0.25, -0.2) is 0 Å². The van der Waals surface area contributed by atoms with Crippen molar-refractivity contribution in [1.29, 1.82) is 0 Å². The summed E-state index contributed by atoms with van der Waals surface area (Å²) in [6.07, 6.45) is 0. The second-order valence-electron chi connectivity index (χ2n) is 7.59. The number of nitrogens with zero attached hydrogens (tertiary/aromatic N) is 2. The Morgan fingerprint density at radius 2 is 1.18 bits per heavy atom. The van der Waals surface area contributed by atoms with Crippen LogP contribution in [0.3, 0.4) is 0 Å². The van der Waals surface area contributed by atoms with E-state index in [9.17, 15) is 9.59 Å². The lowest BCUT2D eigenvalue weighted by molar-refractivity contribution is 0.0637. The third-order valence-electron chi connectivity index (χ3n) is 5.59. The molecule has 2 amide bonds. The van der Waals surface area contributed by atoms with Crippen LogP contribution in [0.5, 0.6) is 23.0 Å². The number of hydrogen-bond donors (Lipinski definition) is 1. The Labute approximate surface area is 194 Å². The normalized spacial score (nSPS) is 13.9. The molecule has 0 aliphatic carbocycles. The number of piperazine rings is 1. The predicted octanol–water partition coefficient (Wildman–Crippen LogP) is 1.91. The van der Waals surface area contributed by atoms with E-state index in [4.69, 9.17) is 18.9 Å². The Hall–Kier alpha value is -3.46. The van der Waals surface area contributed by atoms with Crippen LogP contribution in [0, 0.1) is 0 Å². The van der Waals surface area contributed by atoms with Crippen molar-refractivity contribution in [2.75, 3.05) is 67.7 Å². The lowest BCUT2D eigenvalue weighted by atomic mass is 10.1. The minimum Gasteiger partial charge on any atom is -0.497 e. The monoisotopic (exact) mass is 457 g/mol. The molecule has 1 aliphatic heterocycles. The summed E-state index contributed by atoms with van der Waals surface area (Å²) in [4.78, 5) is 29.5. The van der Waals surface area contributed by atoms with Gasteiger partial charge in [0.05, 0.1) is 28.4 Å². The zero-order valence-corrected chi connectivity index (χ0v) is 19.6. The van der Waals surface area contributed by atoms with Crippen LogP contribution in [0.25, 0.3) is 0 Å². The van der Waals surface area contributed by atoms with E-state index in [0.717, 1.165) is 13.1 Å². The number of amides is 2. The van der Waals surface area contributed by atoms with Gasteiger partial charge in [0.15, 0.2) is 0 Å². The van der Waals surface area contributed by atoms with Gasteiger partial charge in [-0.3, -0.25) is 14.5 Å². The fourth-order valence-electron chi connectivity index (χ4n) is 3.66. The topological polar surface area (TPSA) is 89.6 Å². The van der Waals surface area contributed by atoms with Crippen LogP contribution in [-0.2, 0) is 0 Å². The second kappa shape index (κ2) is 11.4. The SMILES string of the molecule is COc1cc(OC)cc(C(=O)NCCN2CCN(C(=O)c3cc(OC)cc(OC)c3)CC2)c1. The maximum Gasteiger partial charge on any atom is 0.254 e. The minimum atomic E-state index is -0.187. The fraction of sp³-hybridized carbons (Fsp3) is 0.417. The van der Waals surface area contributed by atoms with Gasteiger partial charge < -0.3 is 29.2 Å². The highest BCUT2D eigenvalue weighted by atomic mass is 16.5. The van der Waals surface area contributed by atoms with Crippen LogP contribution < -0.4 is 24.3 Å². The van der Waals surface area contributed by atoms with Crippen molar-refractivity contribution in [1.82, 2.24) is 15.1 Å². The number of nitrogens with one attached hydrogen (secondary N) is 1. The molecule has 178 valence electrons. The summed E-state index contributed by atoms with van der Waals surface area (Å²) in [5.41, 5.74) is 1.02. The van der Waals surface area contributed by atoms with Gasteiger partial charge in [0.25, 0.3) is 11.8 Å². The van der Waals surface area contributed by atoms with E-state index in [-0.39, 0.29) is 11.8 Å². The van der Waals surface area contributed by atoms with Crippen LogP contribution in [0.4, 0.5) is 0 Å². The molecule has 0 spiro atoms. The van der Waals surface area contributed by atoms with Gasteiger partial charge in [0.2, 0.25) is 0 Å². The van der Waals surface area contributed by atoms with E-state index in [1.807, 2.05) is 4.90 Å². The van der Waals surface area contributed by atoms with Crippen LogP contribution in [0.2, 0.25) is 0 Å². The van der Waals surface area contributed by atoms with E-state index >= 15 is 0 Å². The van der Waals surface area contributed by atoms with E-state index in [1.54, 1.807) is 64.8 Å². The molecule has 2 aromatic carbocycles. The average molecular weight is 458 g/mol. The summed E-state index contributed by atoms with van der Waals surface area (Å²) in [6, 6.07) is 10.3. The van der Waals surface area contributed by atoms with Crippen molar-refractivity contribution in [3.63, 3.8) is 0 Å². The Morgan fingerprint density at radius 1 is 0.727 bits per heavy atom. The molecule has 0 unspecified atom stereocenters. The van der Waals surface area contributed by atoms with Crippen molar-refractivity contribution in [3.8, 4) is 23.0 Å². The van der Waals surface area contributed by atoms with Crippen LogP contribution in [0.1, 0.15) is 20.7 Å². The van der Waals surface area contributed by atoms with Crippen LogP contribution in [-0.4, -0.2) is 89.3 Å². The zero-order chi connectivity index (χ0) is 23.8. The lowest BCUT2D eigenvalue weighted by Crippen LogP contribution is -2.50. The Kier molecular flexibility index (Phi) is 8.37. The average Bonchev–Trinajstić information content (AvgIpc) is 2.87. The molecule has 33 heavy (non-hydrogen) atoms. The molecule has 9 heteroatoms. The van der Waals surface area contributed by atoms with Gasteiger partial charge in [-0.1, -0.05) is 0 Å². The quantitative estimate of drug-likeness (QED) is 0.615. The first-order chi connectivity index (χ1) is 16.0. The lowest BCUT2D eigenvalue weighted by Gasteiger charge is -2.34. The van der Waals surface area contributed by atoms with E-state index in [0.29, 0.717) is 60.3 Å². The molecule has 0 atom stereocenters. The van der Waals surface area contributed by atoms with Crippen molar-refractivity contribution < 1.29 is 28.5 Å². The van der Waals surface area contributed by atoms with Gasteiger partial charge in [-0.2, -0.15) is 0 Å². The van der Waals surface area contributed by atoms with E-state index in [1.165, 1.54) is 0 Å². The van der Waals surface area contributed by atoms with Crippen molar-refractivity contribution in [3.05, 3.63) is 47.5 Å². The van der Waals surface area contributed by atoms with Gasteiger partial charge >= 0.3 is 0 Å². The largest absolute Gasteiger partial charge is 0.497 e. The van der Waals surface area contributed by atoms with Crippen molar-refractivity contribution in [2.45, 2.75) is 0 Å². The van der Waals surface area contributed by atoms with Crippen LogP contribution >= 0.6 is 0 Å². The Bertz CT molecular complexity index is 925. The zero-order valence-electron chi connectivity index (χ0n) is 19.6. The second-order valence-corrected chi connectivity index (χ2v) is 7.59. The number of methoxy groups -OCH3 is 4.